The highest BCUT2D eigenvalue weighted by atomic mass is 19.3. The van der Waals surface area contributed by atoms with Crippen LogP contribution >= 0.6 is 0 Å². The van der Waals surface area contributed by atoms with Crippen LogP contribution in [0.2, 0.25) is 0 Å². The van der Waals surface area contributed by atoms with Crippen molar-refractivity contribution < 1.29 is 31.8 Å². The Morgan fingerprint density at radius 3 is 2.48 bits per heavy atom. The summed E-state index contributed by atoms with van der Waals surface area (Å²) in [6, 6.07) is 3.48. The summed E-state index contributed by atoms with van der Waals surface area (Å²) in [5.41, 5.74) is -1.36. The molecule has 0 radical (unpaired) electrons. The van der Waals surface area contributed by atoms with Crippen molar-refractivity contribution in [2.24, 2.45) is 0 Å². The minimum atomic E-state index is -3.36. The number of hydrogen-bond acceptors (Lipinski definition) is 4. The van der Waals surface area contributed by atoms with Crippen molar-refractivity contribution >= 4 is 5.97 Å². The van der Waals surface area contributed by atoms with Gasteiger partial charge in [-0.3, -0.25) is 4.79 Å². The van der Waals surface area contributed by atoms with Crippen LogP contribution < -0.4 is 4.74 Å². The predicted octanol–water partition coefficient (Wildman–Crippen LogP) is 3.20. The first-order valence-electron chi connectivity index (χ1n) is 5.85. The maximum atomic E-state index is 12.9. The molecule has 0 aliphatic heterocycles. The molecule has 4 nitrogen and oxygen atoms in total. The van der Waals surface area contributed by atoms with E-state index in [-0.39, 0.29) is 17.7 Å². The Balaban J connectivity index is 3.36. The molecule has 0 unspecified atom stereocenters. The van der Waals surface area contributed by atoms with E-state index in [1.807, 2.05) is 0 Å². The van der Waals surface area contributed by atoms with Crippen LogP contribution in [0.3, 0.4) is 0 Å². The third kappa shape index (κ3) is 4.34. The molecule has 0 N–H and O–H groups in total. The SMILES string of the molecule is CCOC(=O)Cc1c(C#N)ccc(C(F)F)c1OC(F)F. The van der Waals surface area contributed by atoms with Crippen molar-refractivity contribution in [3.63, 3.8) is 0 Å². The first kappa shape index (κ1) is 16.8. The Morgan fingerprint density at radius 1 is 1.33 bits per heavy atom. The largest absolute Gasteiger partial charge is 0.466 e. The van der Waals surface area contributed by atoms with Crippen molar-refractivity contribution in [2.45, 2.75) is 26.4 Å². The van der Waals surface area contributed by atoms with Crippen molar-refractivity contribution in [1.29, 1.82) is 5.26 Å². The van der Waals surface area contributed by atoms with E-state index in [1.165, 1.54) is 6.92 Å². The number of carbonyl (C=O) groups excluding carboxylic acids is 1. The van der Waals surface area contributed by atoms with Gasteiger partial charge in [-0.15, -0.1) is 0 Å². The zero-order valence-electron chi connectivity index (χ0n) is 10.9. The minimum Gasteiger partial charge on any atom is -0.466 e. The molecule has 0 saturated heterocycles. The van der Waals surface area contributed by atoms with E-state index >= 15 is 0 Å². The van der Waals surface area contributed by atoms with Crippen LogP contribution in [0, 0.1) is 11.3 Å². The van der Waals surface area contributed by atoms with Crippen LogP contribution in [0.1, 0.15) is 30.0 Å². The van der Waals surface area contributed by atoms with Gasteiger partial charge in [0.2, 0.25) is 0 Å². The average molecular weight is 305 g/mol. The molecule has 0 aliphatic rings. The van der Waals surface area contributed by atoms with Gasteiger partial charge in [0.05, 0.1) is 30.2 Å². The van der Waals surface area contributed by atoms with Gasteiger partial charge in [0.1, 0.15) is 5.75 Å². The maximum Gasteiger partial charge on any atom is 0.387 e. The van der Waals surface area contributed by atoms with Crippen molar-refractivity contribution in [2.75, 3.05) is 6.61 Å². The van der Waals surface area contributed by atoms with Crippen molar-refractivity contribution in [3.8, 4) is 11.8 Å². The number of benzene rings is 1. The van der Waals surface area contributed by atoms with Crippen LogP contribution in [0.15, 0.2) is 12.1 Å². The quantitative estimate of drug-likeness (QED) is 0.598. The Bertz CT molecular complexity index is 555. The third-order valence-corrected chi connectivity index (χ3v) is 2.48. The van der Waals surface area contributed by atoms with Gasteiger partial charge in [-0.25, -0.2) is 8.78 Å². The lowest BCUT2D eigenvalue weighted by atomic mass is 10.00. The summed E-state index contributed by atoms with van der Waals surface area (Å²) in [6.07, 6.45) is -3.70. The number of rotatable bonds is 6. The number of alkyl halides is 4. The van der Waals surface area contributed by atoms with Gasteiger partial charge in [-0.2, -0.15) is 14.0 Å². The van der Waals surface area contributed by atoms with E-state index in [0.29, 0.717) is 0 Å². The highest BCUT2D eigenvalue weighted by Crippen LogP contribution is 2.35. The molecule has 8 heteroatoms. The topological polar surface area (TPSA) is 59.3 Å². The number of nitriles is 1. The number of hydrogen-bond donors (Lipinski definition) is 0. The Labute approximate surface area is 117 Å². The lowest BCUT2D eigenvalue weighted by Gasteiger charge is -2.16. The molecule has 114 valence electrons. The summed E-state index contributed by atoms with van der Waals surface area (Å²) in [7, 11) is 0. The fourth-order valence-electron chi connectivity index (χ4n) is 1.68. The summed E-state index contributed by atoms with van der Waals surface area (Å²) >= 11 is 0. The molecule has 0 atom stereocenters. The maximum absolute atomic E-state index is 12.9. The van der Waals surface area contributed by atoms with Crippen LogP contribution in [0.4, 0.5) is 17.6 Å². The summed E-state index contributed by atoms with van der Waals surface area (Å²) in [6.45, 7) is -1.81. The molecule has 0 aliphatic carbocycles. The van der Waals surface area contributed by atoms with Gasteiger partial charge in [-0.1, -0.05) is 0 Å². The van der Waals surface area contributed by atoms with Crippen molar-refractivity contribution in [3.05, 3.63) is 28.8 Å². The van der Waals surface area contributed by atoms with E-state index in [4.69, 9.17) is 5.26 Å². The number of nitrogens with zero attached hydrogens (tertiary/aromatic N) is 1. The highest BCUT2D eigenvalue weighted by molar-refractivity contribution is 5.75. The first-order valence-corrected chi connectivity index (χ1v) is 5.85. The molecule has 0 aromatic heterocycles. The standard InChI is InChI=1S/C13H11F4NO3/c1-2-20-10(19)5-9-7(6-18)3-4-8(12(14)15)11(9)21-13(16)17/h3-4,12-13H,2,5H2,1H3. The lowest BCUT2D eigenvalue weighted by Crippen LogP contribution is -2.14. The summed E-state index contributed by atoms with van der Waals surface area (Å²) in [5.74, 6) is -1.69. The number of halogens is 4. The molecule has 0 fully saturated rings. The fraction of sp³-hybridized carbons (Fsp3) is 0.385. The molecule has 0 spiro atoms. The molecular formula is C13H11F4NO3. The Hall–Kier alpha value is -2.30. The molecular weight excluding hydrogens is 294 g/mol. The molecule has 0 saturated carbocycles. The van der Waals surface area contributed by atoms with E-state index in [0.717, 1.165) is 12.1 Å². The Morgan fingerprint density at radius 2 is 2.00 bits per heavy atom. The second-order valence-electron chi connectivity index (χ2n) is 3.78. The summed E-state index contributed by atoms with van der Waals surface area (Å²) in [5, 5.41) is 8.92. The Kier molecular flexibility index (Phi) is 5.96. The summed E-state index contributed by atoms with van der Waals surface area (Å²) < 4.78 is 59.2. The number of carbonyl (C=O) groups is 1. The zero-order valence-corrected chi connectivity index (χ0v) is 10.9. The smallest absolute Gasteiger partial charge is 0.387 e. The molecule has 21 heavy (non-hydrogen) atoms. The van der Waals surface area contributed by atoms with Gasteiger partial charge in [0, 0.05) is 5.56 Å². The molecule has 0 amide bonds. The van der Waals surface area contributed by atoms with E-state index < -0.39 is 36.7 Å². The predicted molar refractivity (Wildman–Crippen MR) is 63.1 cm³/mol. The van der Waals surface area contributed by atoms with E-state index in [2.05, 4.69) is 9.47 Å². The monoisotopic (exact) mass is 305 g/mol. The van der Waals surface area contributed by atoms with Gasteiger partial charge < -0.3 is 9.47 Å². The van der Waals surface area contributed by atoms with E-state index in [9.17, 15) is 22.4 Å². The van der Waals surface area contributed by atoms with Gasteiger partial charge in [0.25, 0.3) is 6.43 Å². The second-order valence-corrected chi connectivity index (χ2v) is 3.78. The minimum absolute atomic E-state index is 0.0281. The van der Waals surface area contributed by atoms with Crippen molar-refractivity contribution in [1.82, 2.24) is 0 Å². The van der Waals surface area contributed by atoms with E-state index in [1.54, 1.807) is 6.07 Å². The molecule has 1 aromatic rings. The fourth-order valence-corrected chi connectivity index (χ4v) is 1.68. The zero-order chi connectivity index (χ0) is 16.0. The molecule has 1 aromatic carbocycles. The second kappa shape index (κ2) is 7.47. The third-order valence-electron chi connectivity index (χ3n) is 2.48. The number of esters is 1. The summed E-state index contributed by atoms with van der Waals surface area (Å²) in [4.78, 5) is 11.4. The molecule has 1 rings (SSSR count). The molecule has 0 bridgehead atoms. The number of ether oxygens (including phenoxy) is 2. The lowest BCUT2D eigenvalue weighted by molar-refractivity contribution is -0.142. The highest BCUT2D eigenvalue weighted by Gasteiger charge is 2.25. The van der Waals surface area contributed by atoms with Crippen LogP contribution in [-0.4, -0.2) is 19.2 Å². The first-order chi connectivity index (χ1) is 9.90. The molecule has 0 heterocycles. The van der Waals surface area contributed by atoms with Gasteiger partial charge >= 0.3 is 12.6 Å². The van der Waals surface area contributed by atoms with Gasteiger partial charge in [0.15, 0.2) is 0 Å². The normalized spacial score (nSPS) is 10.6. The van der Waals surface area contributed by atoms with Crippen LogP contribution in [0.5, 0.6) is 5.75 Å². The van der Waals surface area contributed by atoms with Crippen LogP contribution in [0.25, 0.3) is 0 Å². The average Bonchev–Trinajstić information content (AvgIpc) is 2.39. The van der Waals surface area contributed by atoms with Gasteiger partial charge in [-0.05, 0) is 19.1 Å². The van der Waals surface area contributed by atoms with Crippen LogP contribution in [-0.2, 0) is 16.0 Å².